The van der Waals surface area contributed by atoms with Crippen LogP contribution in [0.4, 0.5) is 13.2 Å². The van der Waals surface area contributed by atoms with E-state index in [1.807, 2.05) is 0 Å². The quantitative estimate of drug-likeness (QED) is 0.754. The Morgan fingerprint density at radius 1 is 1.44 bits per heavy atom. The van der Waals surface area contributed by atoms with E-state index in [0.29, 0.717) is 19.4 Å². The highest BCUT2D eigenvalue weighted by molar-refractivity contribution is 5.80. The number of alkyl halides is 3. The van der Waals surface area contributed by atoms with Crippen LogP contribution in [0.15, 0.2) is 0 Å². The van der Waals surface area contributed by atoms with E-state index in [1.165, 1.54) is 0 Å². The summed E-state index contributed by atoms with van der Waals surface area (Å²) in [5.74, 6) is -0.486. The van der Waals surface area contributed by atoms with E-state index in [0.717, 1.165) is 0 Å². The first-order valence-electron chi connectivity index (χ1n) is 5.12. The first kappa shape index (κ1) is 13.2. The molecule has 4 nitrogen and oxygen atoms in total. The van der Waals surface area contributed by atoms with Gasteiger partial charge in [0.15, 0.2) is 0 Å². The van der Waals surface area contributed by atoms with Crippen LogP contribution in [-0.2, 0) is 9.53 Å². The standard InChI is InChI=1S/C9H15F3N2O2/c10-9(11,12)3-4-14-8(15)7-2-1-6(5-13)16-7/h6-7H,1-5,13H2,(H,14,15)/t6-,7+/m1/s1. The molecule has 1 aliphatic heterocycles. The number of hydrogen-bond donors (Lipinski definition) is 2. The second kappa shape index (κ2) is 5.49. The Balaban J connectivity index is 2.21. The van der Waals surface area contributed by atoms with Gasteiger partial charge in [0.05, 0.1) is 12.5 Å². The molecular formula is C9H15F3N2O2. The third-order valence-corrected chi connectivity index (χ3v) is 2.37. The Kier molecular flexibility index (Phi) is 4.55. The topological polar surface area (TPSA) is 64.4 Å². The molecule has 1 heterocycles. The molecule has 0 saturated carbocycles. The molecule has 0 aromatic heterocycles. The summed E-state index contributed by atoms with van der Waals surface area (Å²) in [6.07, 6.45) is -4.89. The van der Waals surface area contributed by atoms with Crippen molar-refractivity contribution in [3.8, 4) is 0 Å². The number of rotatable bonds is 4. The van der Waals surface area contributed by atoms with Crippen molar-refractivity contribution in [2.24, 2.45) is 5.73 Å². The molecule has 1 amide bonds. The Morgan fingerprint density at radius 3 is 2.62 bits per heavy atom. The summed E-state index contributed by atoms with van der Waals surface area (Å²) in [4.78, 5) is 11.3. The SMILES string of the molecule is NC[C@H]1CC[C@@H](C(=O)NCCC(F)(F)F)O1. The van der Waals surface area contributed by atoms with Gasteiger partial charge in [-0.3, -0.25) is 4.79 Å². The third kappa shape index (κ3) is 4.36. The lowest BCUT2D eigenvalue weighted by Crippen LogP contribution is -2.37. The Morgan fingerprint density at radius 2 is 2.12 bits per heavy atom. The highest BCUT2D eigenvalue weighted by Gasteiger charge is 2.31. The Hall–Kier alpha value is -0.820. The molecule has 1 saturated heterocycles. The molecule has 2 atom stereocenters. The number of halogens is 3. The fourth-order valence-corrected chi connectivity index (χ4v) is 1.51. The van der Waals surface area contributed by atoms with E-state index in [4.69, 9.17) is 10.5 Å². The van der Waals surface area contributed by atoms with Gasteiger partial charge in [-0.15, -0.1) is 0 Å². The van der Waals surface area contributed by atoms with Crippen molar-refractivity contribution in [2.75, 3.05) is 13.1 Å². The predicted octanol–water partition coefficient (Wildman–Crippen LogP) is 0.561. The van der Waals surface area contributed by atoms with Crippen molar-refractivity contribution in [3.05, 3.63) is 0 Å². The van der Waals surface area contributed by atoms with E-state index in [9.17, 15) is 18.0 Å². The molecule has 7 heteroatoms. The molecule has 0 radical (unpaired) electrons. The number of nitrogens with one attached hydrogen (secondary N) is 1. The molecule has 94 valence electrons. The largest absolute Gasteiger partial charge is 0.390 e. The third-order valence-electron chi connectivity index (χ3n) is 2.37. The zero-order valence-electron chi connectivity index (χ0n) is 8.72. The monoisotopic (exact) mass is 240 g/mol. The fraction of sp³-hybridized carbons (Fsp3) is 0.889. The number of amides is 1. The van der Waals surface area contributed by atoms with Gasteiger partial charge in [-0.25, -0.2) is 0 Å². The van der Waals surface area contributed by atoms with Crippen LogP contribution in [0.25, 0.3) is 0 Å². The van der Waals surface area contributed by atoms with E-state index in [-0.39, 0.29) is 6.10 Å². The molecule has 0 unspecified atom stereocenters. The smallest absolute Gasteiger partial charge is 0.364 e. The molecule has 1 rings (SSSR count). The molecule has 0 aromatic carbocycles. The minimum absolute atomic E-state index is 0.154. The van der Waals surface area contributed by atoms with Crippen LogP contribution in [0.2, 0.25) is 0 Å². The summed E-state index contributed by atoms with van der Waals surface area (Å²) < 4.78 is 40.6. The van der Waals surface area contributed by atoms with Gasteiger partial charge in [0.2, 0.25) is 5.91 Å². The van der Waals surface area contributed by atoms with Crippen LogP contribution >= 0.6 is 0 Å². The number of carbonyl (C=O) groups excluding carboxylic acids is 1. The van der Waals surface area contributed by atoms with Crippen molar-refractivity contribution in [1.29, 1.82) is 0 Å². The second-order valence-electron chi connectivity index (χ2n) is 3.72. The molecule has 0 bridgehead atoms. The lowest BCUT2D eigenvalue weighted by Gasteiger charge is -2.13. The number of carbonyl (C=O) groups is 1. The van der Waals surface area contributed by atoms with Crippen LogP contribution in [0, 0.1) is 0 Å². The van der Waals surface area contributed by atoms with Crippen LogP contribution in [0.3, 0.4) is 0 Å². The molecule has 3 N–H and O–H groups in total. The van der Waals surface area contributed by atoms with Crippen LogP contribution in [0.1, 0.15) is 19.3 Å². The normalized spacial score (nSPS) is 25.8. The summed E-state index contributed by atoms with van der Waals surface area (Å²) in [5.41, 5.74) is 5.35. The fourth-order valence-electron chi connectivity index (χ4n) is 1.51. The van der Waals surface area contributed by atoms with Gasteiger partial charge in [-0.1, -0.05) is 0 Å². The zero-order chi connectivity index (χ0) is 12.2. The molecule has 0 spiro atoms. The number of hydrogen-bond acceptors (Lipinski definition) is 3. The van der Waals surface area contributed by atoms with Crippen molar-refractivity contribution in [2.45, 2.75) is 37.6 Å². The molecule has 0 aliphatic carbocycles. The molecule has 16 heavy (non-hydrogen) atoms. The van der Waals surface area contributed by atoms with Crippen LogP contribution in [-0.4, -0.2) is 37.4 Å². The van der Waals surface area contributed by atoms with E-state index in [1.54, 1.807) is 0 Å². The lowest BCUT2D eigenvalue weighted by molar-refractivity contribution is -0.139. The maximum atomic E-state index is 11.8. The number of ether oxygens (including phenoxy) is 1. The minimum atomic E-state index is -4.25. The highest BCUT2D eigenvalue weighted by atomic mass is 19.4. The average molecular weight is 240 g/mol. The van der Waals surface area contributed by atoms with Gasteiger partial charge in [0.1, 0.15) is 6.10 Å². The summed E-state index contributed by atoms with van der Waals surface area (Å²) in [7, 11) is 0. The van der Waals surface area contributed by atoms with Crippen molar-refractivity contribution in [3.63, 3.8) is 0 Å². The van der Waals surface area contributed by atoms with Crippen LogP contribution in [0.5, 0.6) is 0 Å². The van der Waals surface area contributed by atoms with Crippen molar-refractivity contribution < 1.29 is 22.7 Å². The summed E-state index contributed by atoms with van der Waals surface area (Å²) in [5, 5.41) is 2.20. The molecular weight excluding hydrogens is 225 g/mol. The Labute approximate surface area is 91.3 Å². The van der Waals surface area contributed by atoms with Crippen molar-refractivity contribution in [1.82, 2.24) is 5.32 Å². The van der Waals surface area contributed by atoms with Gasteiger partial charge >= 0.3 is 6.18 Å². The van der Waals surface area contributed by atoms with E-state index < -0.39 is 31.2 Å². The first-order valence-corrected chi connectivity index (χ1v) is 5.12. The van der Waals surface area contributed by atoms with E-state index >= 15 is 0 Å². The number of nitrogens with two attached hydrogens (primary N) is 1. The van der Waals surface area contributed by atoms with Gasteiger partial charge < -0.3 is 15.8 Å². The van der Waals surface area contributed by atoms with Gasteiger partial charge in [0, 0.05) is 13.1 Å². The highest BCUT2D eigenvalue weighted by Crippen LogP contribution is 2.20. The summed E-state index contributed by atoms with van der Waals surface area (Å²) >= 11 is 0. The zero-order valence-corrected chi connectivity index (χ0v) is 8.72. The molecule has 0 aromatic rings. The van der Waals surface area contributed by atoms with Gasteiger partial charge in [-0.05, 0) is 12.8 Å². The summed E-state index contributed by atoms with van der Waals surface area (Å²) in [6.45, 7) is -0.0815. The lowest BCUT2D eigenvalue weighted by atomic mass is 10.2. The predicted molar refractivity (Wildman–Crippen MR) is 50.6 cm³/mol. The van der Waals surface area contributed by atoms with Gasteiger partial charge in [-0.2, -0.15) is 13.2 Å². The maximum Gasteiger partial charge on any atom is 0.390 e. The minimum Gasteiger partial charge on any atom is -0.364 e. The Bertz CT molecular complexity index is 245. The van der Waals surface area contributed by atoms with Crippen molar-refractivity contribution >= 4 is 5.91 Å². The first-order chi connectivity index (χ1) is 7.42. The molecule has 1 fully saturated rings. The average Bonchev–Trinajstić information content (AvgIpc) is 2.63. The molecule has 1 aliphatic rings. The maximum absolute atomic E-state index is 11.8. The second-order valence-corrected chi connectivity index (χ2v) is 3.72. The van der Waals surface area contributed by atoms with E-state index in [2.05, 4.69) is 5.32 Å². The van der Waals surface area contributed by atoms with Gasteiger partial charge in [0.25, 0.3) is 0 Å². The summed E-state index contributed by atoms with van der Waals surface area (Å²) in [6, 6.07) is 0. The van der Waals surface area contributed by atoms with Crippen LogP contribution < -0.4 is 11.1 Å².